The van der Waals surface area contributed by atoms with Crippen LogP contribution in [0.1, 0.15) is 5.56 Å². The Morgan fingerprint density at radius 2 is 2.00 bits per heavy atom. The zero-order chi connectivity index (χ0) is 9.35. The molecule has 0 aliphatic rings. The first kappa shape index (κ1) is 10.3. The van der Waals surface area contributed by atoms with E-state index in [9.17, 15) is 0 Å². The normalized spacial score (nSPS) is 13.1. The maximum Gasteiger partial charge on any atom is 0.0759 e. The minimum absolute atomic E-state index is 0.352. The molecule has 0 bridgehead atoms. The Morgan fingerprint density at radius 1 is 1.42 bits per heavy atom. The van der Waals surface area contributed by atoms with Gasteiger partial charge < -0.3 is 0 Å². The zero-order valence-electron chi connectivity index (χ0n) is 6.29. The summed E-state index contributed by atoms with van der Waals surface area (Å²) in [7, 11) is 2.27. The molecule has 0 heterocycles. The maximum atomic E-state index is 9.09. The fourth-order valence-electron chi connectivity index (χ4n) is 0.779. The summed E-state index contributed by atoms with van der Waals surface area (Å²) >= 11 is 3.30. The molecule has 2 nitrogen and oxygen atoms in total. The lowest BCUT2D eigenvalue weighted by atomic mass is 10.2. The van der Waals surface area contributed by atoms with Crippen molar-refractivity contribution in [1.82, 2.24) is 0 Å². The monoisotopic (exact) mass is 270 g/mol. The van der Waals surface area contributed by atoms with Crippen molar-refractivity contribution in [2.75, 3.05) is 0 Å². The molecule has 0 aliphatic carbocycles. The Hall–Kier alpha value is 0.260. The van der Waals surface area contributed by atoms with Gasteiger partial charge in [0.2, 0.25) is 0 Å². The molecule has 1 aromatic carbocycles. The standard InChI is InChI=1S/C7H8BrClO2S/c1-5-4-6(12(9,10)11)2-3-7(5)8/h2-4,10-11H,1H3. The molecule has 0 atom stereocenters. The van der Waals surface area contributed by atoms with Gasteiger partial charge in [0, 0.05) is 15.2 Å². The van der Waals surface area contributed by atoms with Gasteiger partial charge >= 0.3 is 0 Å². The van der Waals surface area contributed by atoms with Crippen molar-refractivity contribution in [3.63, 3.8) is 0 Å². The van der Waals surface area contributed by atoms with Crippen LogP contribution in [0.15, 0.2) is 27.6 Å². The SMILES string of the molecule is Cc1cc(S(O)(O)Cl)ccc1Br. The van der Waals surface area contributed by atoms with E-state index in [4.69, 9.17) is 19.8 Å². The maximum absolute atomic E-state index is 9.09. The highest BCUT2D eigenvalue weighted by molar-refractivity contribution is 9.10. The van der Waals surface area contributed by atoms with Crippen LogP contribution < -0.4 is 0 Å². The molecule has 0 saturated heterocycles. The molecule has 0 fully saturated rings. The molecule has 0 saturated carbocycles. The molecule has 2 N–H and O–H groups in total. The molecule has 0 amide bonds. The van der Waals surface area contributed by atoms with Crippen molar-refractivity contribution >= 4 is 36.4 Å². The number of rotatable bonds is 1. The van der Waals surface area contributed by atoms with Crippen LogP contribution in [0.5, 0.6) is 0 Å². The Labute approximate surface area is 85.5 Å². The summed E-state index contributed by atoms with van der Waals surface area (Å²) in [5, 5.41) is 0. The van der Waals surface area contributed by atoms with E-state index < -0.39 is 9.80 Å². The quantitative estimate of drug-likeness (QED) is 0.810. The van der Waals surface area contributed by atoms with Crippen molar-refractivity contribution in [3.8, 4) is 0 Å². The molecular formula is C7H8BrClO2S. The van der Waals surface area contributed by atoms with Crippen molar-refractivity contribution in [1.29, 1.82) is 0 Å². The fraction of sp³-hybridized carbons (Fsp3) is 0.143. The second-order valence-electron chi connectivity index (χ2n) is 2.39. The molecule has 0 aliphatic heterocycles. The van der Waals surface area contributed by atoms with Crippen LogP contribution in [0.4, 0.5) is 0 Å². The van der Waals surface area contributed by atoms with Gasteiger partial charge in [-0.3, -0.25) is 9.11 Å². The zero-order valence-corrected chi connectivity index (χ0v) is 9.45. The molecular weight excluding hydrogens is 263 g/mol. The van der Waals surface area contributed by atoms with Crippen molar-refractivity contribution < 1.29 is 9.11 Å². The lowest BCUT2D eigenvalue weighted by molar-refractivity contribution is 0.507. The molecule has 12 heavy (non-hydrogen) atoms. The van der Waals surface area contributed by atoms with E-state index in [-0.39, 0.29) is 0 Å². The van der Waals surface area contributed by atoms with Crippen LogP contribution in [0, 0.1) is 6.92 Å². The number of aryl methyl sites for hydroxylation is 1. The Bertz CT molecular complexity index is 298. The smallest absolute Gasteiger partial charge is 0.0759 e. The third kappa shape index (κ3) is 2.37. The molecule has 68 valence electrons. The van der Waals surface area contributed by atoms with Gasteiger partial charge in [-0.15, -0.1) is 0 Å². The third-order valence-corrected chi connectivity index (χ3v) is 3.71. The third-order valence-electron chi connectivity index (χ3n) is 1.43. The summed E-state index contributed by atoms with van der Waals surface area (Å²) < 4.78 is 19.1. The molecule has 0 unspecified atom stereocenters. The minimum Gasteiger partial charge on any atom is -0.281 e. The van der Waals surface area contributed by atoms with Gasteiger partial charge in [-0.1, -0.05) is 25.7 Å². The van der Waals surface area contributed by atoms with Crippen molar-refractivity contribution in [3.05, 3.63) is 28.2 Å². The van der Waals surface area contributed by atoms with E-state index in [1.54, 1.807) is 18.2 Å². The first-order chi connectivity index (χ1) is 5.41. The van der Waals surface area contributed by atoms with E-state index in [1.807, 2.05) is 6.92 Å². The van der Waals surface area contributed by atoms with Crippen molar-refractivity contribution in [2.24, 2.45) is 0 Å². The fourth-order valence-corrected chi connectivity index (χ4v) is 1.88. The number of hydrogen-bond donors (Lipinski definition) is 2. The number of benzene rings is 1. The summed E-state index contributed by atoms with van der Waals surface area (Å²) in [6, 6.07) is 4.97. The largest absolute Gasteiger partial charge is 0.281 e. The van der Waals surface area contributed by atoms with Gasteiger partial charge in [-0.2, -0.15) is 0 Å². The average Bonchev–Trinajstić information content (AvgIpc) is 1.92. The molecule has 5 heteroatoms. The lowest BCUT2D eigenvalue weighted by Crippen LogP contribution is -1.89. The second-order valence-corrected chi connectivity index (χ2v) is 5.97. The van der Waals surface area contributed by atoms with Crippen LogP contribution >= 0.6 is 36.4 Å². The van der Waals surface area contributed by atoms with Crippen LogP contribution in [-0.2, 0) is 0 Å². The molecule has 0 aromatic heterocycles. The Kier molecular flexibility index (Phi) is 3.06. The molecule has 1 aromatic rings. The van der Waals surface area contributed by atoms with Crippen LogP contribution in [-0.4, -0.2) is 9.11 Å². The second kappa shape index (κ2) is 3.55. The number of hydrogen-bond acceptors (Lipinski definition) is 2. The van der Waals surface area contributed by atoms with E-state index in [1.165, 1.54) is 0 Å². The first-order valence-corrected chi connectivity index (χ1v) is 6.32. The summed E-state index contributed by atoms with van der Waals surface area (Å²) in [4.78, 5) is 0.352. The summed E-state index contributed by atoms with van der Waals surface area (Å²) in [6.07, 6.45) is 0. The van der Waals surface area contributed by atoms with Gasteiger partial charge in [0.1, 0.15) is 0 Å². The van der Waals surface area contributed by atoms with E-state index in [0.717, 1.165) is 10.0 Å². The van der Waals surface area contributed by atoms with Gasteiger partial charge in [0.25, 0.3) is 0 Å². The van der Waals surface area contributed by atoms with Crippen molar-refractivity contribution in [2.45, 2.75) is 11.8 Å². The lowest BCUT2D eigenvalue weighted by Gasteiger charge is -2.23. The van der Waals surface area contributed by atoms with Gasteiger partial charge in [-0.25, -0.2) is 0 Å². The van der Waals surface area contributed by atoms with Crippen LogP contribution in [0.3, 0.4) is 0 Å². The summed E-state index contributed by atoms with van der Waals surface area (Å²) in [6.45, 7) is 1.86. The van der Waals surface area contributed by atoms with Gasteiger partial charge in [-0.05, 0) is 30.7 Å². The van der Waals surface area contributed by atoms with Crippen LogP contribution in [0.25, 0.3) is 0 Å². The topological polar surface area (TPSA) is 40.5 Å². The highest BCUT2D eigenvalue weighted by Crippen LogP contribution is 2.53. The van der Waals surface area contributed by atoms with Gasteiger partial charge in [0.15, 0.2) is 0 Å². The van der Waals surface area contributed by atoms with E-state index >= 15 is 0 Å². The molecule has 1 rings (SSSR count). The highest BCUT2D eigenvalue weighted by Gasteiger charge is 2.11. The number of halogens is 2. The predicted molar refractivity (Wildman–Crippen MR) is 55.8 cm³/mol. The highest BCUT2D eigenvalue weighted by atomic mass is 79.9. The average molecular weight is 272 g/mol. The van der Waals surface area contributed by atoms with Gasteiger partial charge in [0.05, 0.1) is 4.90 Å². The predicted octanol–water partition coefficient (Wildman–Crippen LogP) is 4.02. The van der Waals surface area contributed by atoms with E-state index in [2.05, 4.69) is 15.9 Å². The minimum atomic E-state index is -3.09. The van der Waals surface area contributed by atoms with Crippen LogP contribution in [0.2, 0.25) is 0 Å². The molecule has 0 spiro atoms. The summed E-state index contributed by atoms with van der Waals surface area (Å²) in [5.74, 6) is 0. The Balaban J connectivity index is 3.14. The van der Waals surface area contributed by atoms with E-state index in [0.29, 0.717) is 4.90 Å². The summed E-state index contributed by atoms with van der Waals surface area (Å²) in [5.41, 5.74) is 0.924. The first-order valence-electron chi connectivity index (χ1n) is 3.15. The molecule has 0 radical (unpaired) electrons. The Morgan fingerprint density at radius 3 is 2.42 bits per heavy atom.